The summed E-state index contributed by atoms with van der Waals surface area (Å²) in [5, 5.41) is 13.6. The van der Waals surface area contributed by atoms with Crippen molar-refractivity contribution in [3.8, 4) is 11.3 Å². The zero-order chi connectivity index (χ0) is 32.5. The Kier molecular flexibility index (Phi) is 10.0. The van der Waals surface area contributed by atoms with Crippen LogP contribution in [-0.2, 0) is 11.3 Å². The number of amides is 1. The van der Waals surface area contributed by atoms with Crippen LogP contribution in [0.5, 0.6) is 0 Å². The van der Waals surface area contributed by atoms with Gasteiger partial charge in [0.25, 0.3) is 6.09 Å². The number of piperidine rings is 2. The van der Waals surface area contributed by atoms with Gasteiger partial charge in [0.1, 0.15) is 12.8 Å². The van der Waals surface area contributed by atoms with Crippen LogP contribution in [-0.4, -0.2) is 106 Å². The van der Waals surface area contributed by atoms with E-state index in [1.165, 1.54) is 0 Å². The molecule has 12 heteroatoms. The minimum Gasteiger partial charge on any atom is -0.498 e. The molecule has 46 heavy (non-hydrogen) atoms. The van der Waals surface area contributed by atoms with Crippen LogP contribution < -0.4 is 10.8 Å². The van der Waals surface area contributed by atoms with E-state index in [1.807, 2.05) is 54.7 Å². The SMILES string of the molecule is CN1CCC(N2CCN(C3(CC=O)CC(n4cc(-c5ccccc5)[nH]c4=O)CC[N@+]3(Cc3ccc(Br)c(Br)c3)C(=O)[O-])CC2)CC1. The van der Waals surface area contributed by atoms with Crippen LogP contribution in [0.25, 0.3) is 11.3 Å². The van der Waals surface area contributed by atoms with Gasteiger partial charge in [0, 0.05) is 65.8 Å². The zero-order valence-electron chi connectivity index (χ0n) is 26.2. The van der Waals surface area contributed by atoms with Crippen LogP contribution in [0.2, 0.25) is 0 Å². The molecule has 3 aliphatic heterocycles. The van der Waals surface area contributed by atoms with Crippen molar-refractivity contribution in [3.63, 3.8) is 0 Å². The number of carbonyl (C=O) groups excluding carboxylic acids is 2. The molecule has 2 unspecified atom stereocenters. The number of hydrogen-bond donors (Lipinski definition) is 1. The number of rotatable bonds is 8. The predicted molar refractivity (Wildman–Crippen MR) is 182 cm³/mol. The number of imidazole rings is 1. The number of hydrogen-bond acceptors (Lipinski definition) is 7. The molecular formula is C34H42Br2N6O4. The fourth-order valence-electron chi connectivity index (χ4n) is 8.20. The Balaban J connectivity index is 1.38. The summed E-state index contributed by atoms with van der Waals surface area (Å²) < 4.78 is 3.03. The van der Waals surface area contributed by atoms with Crippen molar-refractivity contribution < 1.29 is 19.2 Å². The summed E-state index contributed by atoms with van der Waals surface area (Å²) in [4.78, 5) is 49.9. The molecule has 3 atom stereocenters. The number of aromatic nitrogens is 2. The number of H-pyrrole nitrogens is 1. The number of carbonyl (C=O) groups is 2. The fraction of sp³-hybridized carbons (Fsp3) is 0.500. The molecule has 10 nitrogen and oxygen atoms in total. The highest BCUT2D eigenvalue weighted by molar-refractivity contribution is 9.13. The largest absolute Gasteiger partial charge is 0.498 e. The van der Waals surface area contributed by atoms with E-state index in [1.54, 1.807) is 4.57 Å². The summed E-state index contributed by atoms with van der Waals surface area (Å²) in [7, 11) is 2.16. The topological polar surface area (TPSA) is 105 Å². The molecule has 0 radical (unpaired) electrons. The molecule has 3 saturated heterocycles. The number of nitrogens with one attached hydrogen (secondary N) is 1. The third-order valence-electron chi connectivity index (χ3n) is 10.7. The molecule has 1 N–H and O–H groups in total. The quantitative estimate of drug-likeness (QED) is 0.273. The molecule has 0 aliphatic carbocycles. The molecular weight excluding hydrogens is 716 g/mol. The van der Waals surface area contributed by atoms with Gasteiger partial charge in [-0.15, -0.1) is 0 Å². The van der Waals surface area contributed by atoms with E-state index < -0.39 is 16.2 Å². The van der Waals surface area contributed by atoms with Crippen LogP contribution >= 0.6 is 31.9 Å². The number of piperazine rings is 1. The van der Waals surface area contributed by atoms with Crippen LogP contribution in [0.15, 0.2) is 68.5 Å². The van der Waals surface area contributed by atoms with Crippen molar-refractivity contribution in [1.82, 2.24) is 24.3 Å². The zero-order valence-corrected chi connectivity index (χ0v) is 29.4. The highest BCUT2D eigenvalue weighted by Crippen LogP contribution is 2.47. The van der Waals surface area contributed by atoms with Crippen LogP contribution in [0, 0.1) is 0 Å². The number of aromatic amines is 1. The Hall–Kier alpha value is -2.61. The highest BCUT2D eigenvalue weighted by Gasteiger charge is 2.60. The average Bonchev–Trinajstić information content (AvgIpc) is 3.46. The number of carboxylic acid groups (broad SMARTS) is 1. The molecule has 4 heterocycles. The van der Waals surface area contributed by atoms with E-state index in [-0.39, 0.29) is 31.2 Å². The van der Waals surface area contributed by atoms with Crippen molar-refractivity contribution in [2.75, 3.05) is 52.9 Å². The van der Waals surface area contributed by atoms with E-state index in [4.69, 9.17) is 0 Å². The van der Waals surface area contributed by atoms with Gasteiger partial charge in [-0.3, -0.25) is 14.0 Å². The van der Waals surface area contributed by atoms with E-state index in [9.17, 15) is 19.5 Å². The molecule has 0 spiro atoms. The summed E-state index contributed by atoms with van der Waals surface area (Å²) >= 11 is 7.12. The molecule has 2 aromatic carbocycles. The molecule has 0 saturated carbocycles. The Bertz CT molecular complexity index is 1600. The summed E-state index contributed by atoms with van der Waals surface area (Å²) in [5.74, 6) is 0. The first kappa shape index (κ1) is 33.3. The highest BCUT2D eigenvalue weighted by atomic mass is 79.9. The molecule has 3 aromatic rings. The van der Waals surface area contributed by atoms with E-state index in [0.717, 1.165) is 65.4 Å². The summed E-state index contributed by atoms with van der Waals surface area (Å²) in [5.41, 5.74) is 1.11. The Morgan fingerprint density at radius 2 is 1.72 bits per heavy atom. The minimum absolute atomic E-state index is 0.0219. The van der Waals surface area contributed by atoms with Crippen molar-refractivity contribution in [1.29, 1.82) is 0 Å². The van der Waals surface area contributed by atoms with Gasteiger partial charge in [-0.2, -0.15) is 0 Å². The van der Waals surface area contributed by atoms with Crippen LogP contribution in [0.4, 0.5) is 4.79 Å². The maximum atomic E-state index is 13.6. The van der Waals surface area contributed by atoms with E-state index >= 15 is 0 Å². The molecule has 1 aromatic heterocycles. The summed E-state index contributed by atoms with van der Waals surface area (Å²) in [6.07, 6.45) is 4.57. The lowest BCUT2D eigenvalue weighted by atomic mass is 9.83. The number of quaternary nitrogens is 1. The maximum absolute atomic E-state index is 13.6. The van der Waals surface area contributed by atoms with Gasteiger partial charge in [-0.1, -0.05) is 36.4 Å². The lowest BCUT2D eigenvalue weighted by molar-refractivity contribution is -0.956. The van der Waals surface area contributed by atoms with Gasteiger partial charge < -0.3 is 24.6 Å². The van der Waals surface area contributed by atoms with Crippen molar-refractivity contribution >= 4 is 44.2 Å². The van der Waals surface area contributed by atoms with Gasteiger partial charge >= 0.3 is 5.69 Å². The van der Waals surface area contributed by atoms with E-state index in [0.29, 0.717) is 37.7 Å². The van der Waals surface area contributed by atoms with Crippen molar-refractivity contribution in [3.05, 3.63) is 79.7 Å². The lowest BCUT2D eigenvalue weighted by Gasteiger charge is -2.61. The number of aldehydes is 1. The van der Waals surface area contributed by atoms with Gasteiger partial charge in [0.2, 0.25) is 0 Å². The summed E-state index contributed by atoms with van der Waals surface area (Å²) in [6.45, 7) is 5.43. The first-order valence-corrected chi connectivity index (χ1v) is 17.7. The minimum atomic E-state index is -1.19. The fourth-order valence-corrected chi connectivity index (χ4v) is 8.87. The lowest BCUT2D eigenvalue weighted by Crippen LogP contribution is -2.79. The van der Waals surface area contributed by atoms with Crippen molar-refractivity contribution in [2.24, 2.45) is 0 Å². The first-order chi connectivity index (χ1) is 22.2. The average molecular weight is 759 g/mol. The third kappa shape index (κ3) is 6.32. The van der Waals surface area contributed by atoms with Gasteiger partial charge in [-0.25, -0.2) is 9.69 Å². The molecule has 0 bridgehead atoms. The molecule has 246 valence electrons. The molecule has 3 fully saturated rings. The molecule has 3 aliphatic rings. The van der Waals surface area contributed by atoms with Gasteiger partial charge in [-0.05, 0) is 82.5 Å². The first-order valence-electron chi connectivity index (χ1n) is 16.2. The monoisotopic (exact) mass is 756 g/mol. The summed E-state index contributed by atoms with van der Waals surface area (Å²) in [6, 6.07) is 15.7. The van der Waals surface area contributed by atoms with Crippen LogP contribution in [0.1, 0.15) is 43.7 Å². The molecule has 6 rings (SSSR count). The normalized spacial score (nSPS) is 27.1. The second-order valence-corrected chi connectivity index (χ2v) is 14.9. The number of benzene rings is 2. The van der Waals surface area contributed by atoms with Gasteiger partial charge in [0.15, 0.2) is 5.66 Å². The number of halogens is 2. The third-order valence-corrected chi connectivity index (χ3v) is 12.6. The predicted octanol–water partition coefficient (Wildman–Crippen LogP) is 4.06. The maximum Gasteiger partial charge on any atom is 0.326 e. The smallest absolute Gasteiger partial charge is 0.326 e. The second-order valence-electron chi connectivity index (χ2n) is 13.2. The number of nitrogens with zero attached hydrogens (tertiary/aromatic N) is 5. The second kappa shape index (κ2) is 13.9. The van der Waals surface area contributed by atoms with Crippen molar-refractivity contribution in [2.45, 2.75) is 56.4 Å². The Morgan fingerprint density at radius 3 is 2.37 bits per heavy atom. The Labute approximate surface area is 286 Å². The van der Waals surface area contributed by atoms with Crippen LogP contribution in [0.3, 0.4) is 0 Å². The van der Waals surface area contributed by atoms with E-state index in [2.05, 4.69) is 58.6 Å². The molecule has 1 amide bonds. The standard InChI is InChI=1S/C34H42Br2N6O4/c1-38-13-9-27(10-14-38)39-15-17-40(18-16-39)34(12-20-43)22-28(41-23-31(37-32(41)44)26-5-3-2-4-6-26)11-19-42(34,33(45)46)24-25-7-8-29(35)30(36)21-25/h2-8,20-21,23,27-28H,9-19,22,24H2,1H3,(H-,37,44,45,46)/t28?,34?,42-/m0/s1. The Morgan fingerprint density at radius 1 is 1.00 bits per heavy atom. The number of likely N-dealkylation sites (tertiary alicyclic amines) is 2. The van der Waals surface area contributed by atoms with Gasteiger partial charge in [0.05, 0.1) is 24.7 Å².